The average Bonchev–Trinajstić information content (AvgIpc) is 3.16. The van der Waals surface area contributed by atoms with Gasteiger partial charge in [0.05, 0.1) is 22.7 Å². The summed E-state index contributed by atoms with van der Waals surface area (Å²) in [5.74, 6) is -0.823. The van der Waals surface area contributed by atoms with Gasteiger partial charge < -0.3 is 14.2 Å². The summed E-state index contributed by atoms with van der Waals surface area (Å²) >= 11 is 12.4. The van der Waals surface area contributed by atoms with Gasteiger partial charge in [0.1, 0.15) is 0 Å². The summed E-state index contributed by atoms with van der Waals surface area (Å²) in [5.41, 5.74) is 2.57. The number of aryl methyl sites for hydroxylation is 1. The highest BCUT2D eigenvalue weighted by Gasteiger charge is 2.25. The Kier molecular flexibility index (Phi) is 6.49. The van der Waals surface area contributed by atoms with Crippen molar-refractivity contribution in [3.05, 3.63) is 98.7 Å². The molecule has 0 atom stereocenters. The summed E-state index contributed by atoms with van der Waals surface area (Å²) in [5, 5.41) is 0.358. The number of carbonyl (C=O) groups excluding carboxylic acids is 2. The van der Waals surface area contributed by atoms with Crippen LogP contribution in [-0.2, 0) is 9.53 Å². The third-order valence-corrected chi connectivity index (χ3v) is 5.37. The molecule has 1 heterocycles. The van der Waals surface area contributed by atoms with Crippen molar-refractivity contribution in [3.63, 3.8) is 0 Å². The molecular weight excluding hydrogens is 465 g/mol. The number of aliphatic imine (C=N–C) groups is 1. The Balaban J connectivity index is 1.63. The molecule has 1 aliphatic rings. The third-order valence-electron chi connectivity index (χ3n) is 4.76. The van der Waals surface area contributed by atoms with Crippen molar-refractivity contribution in [2.24, 2.45) is 4.99 Å². The van der Waals surface area contributed by atoms with Gasteiger partial charge in [-0.3, -0.25) is 0 Å². The third kappa shape index (κ3) is 4.92. The number of hydrogen-bond acceptors (Lipinski definition) is 6. The van der Waals surface area contributed by atoms with Crippen LogP contribution in [0.15, 0.2) is 71.4 Å². The number of carbonyl (C=O) groups is 2. The van der Waals surface area contributed by atoms with Gasteiger partial charge in [0.2, 0.25) is 5.90 Å². The van der Waals surface area contributed by atoms with Crippen molar-refractivity contribution in [2.45, 2.75) is 6.92 Å². The normalized spacial score (nSPS) is 14.1. The predicted molar refractivity (Wildman–Crippen MR) is 126 cm³/mol. The van der Waals surface area contributed by atoms with Gasteiger partial charge in [-0.2, -0.15) is 0 Å². The van der Waals surface area contributed by atoms with E-state index in [-0.39, 0.29) is 38.7 Å². The average molecular weight is 482 g/mol. The maximum atomic E-state index is 12.5. The lowest BCUT2D eigenvalue weighted by Gasteiger charge is -2.12. The SMILES string of the molecule is COc1cc(/C=C2\N=C(c3ccc(C)cc3)OC2=O)cc(Cl)c1OC(=O)c1ccccc1Cl. The molecule has 8 heteroatoms. The van der Waals surface area contributed by atoms with Crippen molar-refractivity contribution in [2.75, 3.05) is 7.11 Å². The minimum absolute atomic E-state index is 0.0316. The van der Waals surface area contributed by atoms with Crippen LogP contribution >= 0.6 is 23.2 Å². The summed E-state index contributed by atoms with van der Waals surface area (Å²) in [7, 11) is 1.41. The number of cyclic esters (lactones) is 1. The molecule has 0 amide bonds. The fraction of sp³-hybridized carbons (Fsp3) is 0.0800. The maximum absolute atomic E-state index is 12.5. The van der Waals surface area contributed by atoms with Gasteiger partial charge in [-0.05, 0) is 55.0 Å². The highest BCUT2D eigenvalue weighted by atomic mass is 35.5. The van der Waals surface area contributed by atoms with E-state index < -0.39 is 11.9 Å². The summed E-state index contributed by atoms with van der Waals surface area (Å²) in [6, 6.07) is 17.1. The van der Waals surface area contributed by atoms with E-state index in [4.69, 9.17) is 37.4 Å². The lowest BCUT2D eigenvalue weighted by molar-refractivity contribution is -0.129. The van der Waals surface area contributed by atoms with Gasteiger partial charge in [-0.1, -0.05) is 53.0 Å². The number of rotatable bonds is 5. The fourth-order valence-electron chi connectivity index (χ4n) is 3.08. The van der Waals surface area contributed by atoms with Crippen LogP contribution < -0.4 is 9.47 Å². The molecule has 0 unspecified atom stereocenters. The zero-order valence-corrected chi connectivity index (χ0v) is 19.1. The number of methoxy groups -OCH3 is 1. The second-order valence-electron chi connectivity index (χ2n) is 7.11. The molecule has 0 aromatic heterocycles. The van der Waals surface area contributed by atoms with E-state index >= 15 is 0 Å². The molecule has 0 spiro atoms. The highest BCUT2D eigenvalue weighted by molar-refractivity contribution is 6.34. The Labute approximate surface area is 200 Å². The monoisotopic (exact) mass is 481 g/mol. The van der Waals surface area contributed by atoms with Gasteiger partial charge in [0.15, 0.2) is 17.2 Å². The molecule has 0 saturated carbocycles. The number of nitrogens with zero attached hydrogens (tertiary/aromatic N) is 1. The van der Waals surface area contributed by atoms with Crippen molar-refractivity contribution in [1.29, 1.82) is 0 Å². The van der Waals surface area contributed by atoms with Crippen LogP contribution in [0.2, 0.25) is 10.0 Å². The van der Waals surface area contributed by atoms with Gasteiger partial charge in [-0.15, -0.1) is 0 Å². The van der Waals surface area contributed by atoms with E-state index in [2.05, 4.69) is 4.99 Å². The van der Waals surface area contributed by atoms with E-state index in [9.17, 15) is 9.59 Å². The molecule has 3 aromatic carbocycles. The smallest absolute Gasteiger partial charge is 0.363 e. The second-order valence-corrected chi connectivity index (χ2v) is 7.92. The van der Waals surface area contributed by atoms with Crippen LogP contribution in [0.4, 0.5) is 0 Å². The van der Waals surface area contributed by atoms with Crippen molar-refractivity contribution >= 4 is 47.1 Å². The van der Waals surface area contributed by atoms with Crippen LogP contribution in [0.1, 0.15) is 27.0 Å². The minimum atomic E-state index is -0.682. The largest absolute Gasteiger partial charge is 0.493 e. The Morgan fingerprint density at radius 2 is 1.76 bits per heavy atom. The predicted octanol–water partition coefficient (Wildman–Crippen LogP) is 5.87. The molecule has 4 rings (SSSR count). The number of esters is 2. The van der Waals surface area contributed by atoms with Crippen LogP contribution in [0.5, 0.6) is 11.5 Å². The van der Waals surface area contributed by atoms with E-state index in [1.807, 2.05) is 31.2 Å². The number of halogens is 2. The molecule has 6 nitrogen and oxygen atoms in total. The lowest BCUT2D eigenvalue weighted by Crippen LogP contribution is -2.10. The first kappa shape index (κ1) is 22.6. The molecule has 0 bridgehead atoms. The van der Waals surface area contributed by atoms with Crippen molar-refractivity contribution < 1.29 is 23.8 Å². The molecule has 3 aromatic rings. The van der Waals surface area contributed by atoms with Crippen molar-refractivity contribution in [3.8, 4) is 11.5 Å². The molecular formula is C25H17Cl2NO5. The summed E-state index contributed by atoms with van der Waals surface area (Å²) < 4.78 is 16.1. The van der Waals surface area contributed by atoms with Gasteiger partial charge in [0.25, 0.3) is 0 Å². The fourth-order valence-corrected chi connectivity index (χ4v) is 3.55. The quantitative estimate of drug-likeness (QED) is 0.258. The summed E-state index contributed by atoms with van der Waals surface area (Å²) in [4.78, 5) is 29.2. The first-order valence-electron chi connectivity index (χ1n) is 9.79. The van der Waals surface area contributed by atoms with E-state index in [1.165, 1.54) is 19.3 Å². The zero-order chi connectivity index (χ0) is 23.5. The van der Waals surface area contributed by atoms with Crippen molar-refractivity contribution in [1.82, 2.24) is 0 Å². The standard InChI is InChI=1S/C25H17Cl2NO5/c1-14-7-9-16(10-8-14)23-28-20(25(30)33-23)12-15-11-19(27)22(21(13-15)31-2)32-24(29)17-5-3-4-6-18(17)26/h3-13H,1-2H3/b20-12-. The Morgan fingerprint density at radius 1 is 1.03 bits per heavy atom. The van der Waals surface area contributed by atoms with E-state index in [0.29, 0.717) is 11.1 Å². The molecule has 1 aliphatic heterocycles. The number of ether oxygens (including phenoxy) is 3. The Bertz CT molecular complexity index is 1310. The van der Waals surface area contributed by atoms with E-state index in [1.54, 1.807) is 30.3 Å². The van der Waals surface area contributed by atoms with Gasteiger partial charge in [-0.25, -0.2) is 14.6 Å². The van der Waals surface area contributed by atoms with Crippen LogP contribution in [0.3, 0.4) is 0 Å². The molecule has 0 saturated heterocycles. The van der Waals surface area contributed by atoms with E-state index in [0.717, 1.165) is 5.56 Å². The number of hydrogen-bond donors (Lipinski definition) is 0. The topological polar surface area (TPSA) is 74.2 Å². The molecule has 0 fully saturated rings. The Hall–Kier alpha value is -3.61. The first-order chi connectivity index (χ1) is 15.9. The molecule has 33 heavy (non-hydrogen) atoms. The Morgan fingerprint density at radius 3 is 2.45 bits per heavy atom. The molecule has 0 aliphatic carbocycles. The minimum Gasteiger partial charge on any atom is -0.493 e. The van der Waals surface area contributed by atoms with Crippen LogP contribution in [0.25, 0.3) is 6.08 Å². The highest BCUT2D eigenvalue weighted by Crippen LogP contribution is 2.38. The zero-order valence-electron chi connectivity index (χ0n) is 17.6. The lowest BCUT2D eigenvalue weighted by atomic mass is 10.1. The maximum Gasteiger partial charge on any atom is 0.363 e. The van der Waals surface area contributed by atoms with Gasteiger partial charge in [0, 0.05) is 5.56 Å². The van der Waals surface area contributed by atoms with Gasteiger partial charge >= 0.3 is 11.9 Å². The summed E-state index contributed by atoms with van der Waals surface area (Å²) in [6.45, 7) is 1.96. The molecule has 166 valence electrons. The summed E-state index contributed by atoms with van der Waals surface area (Å²) in [6.07, 6.45) is 1.51. The van der Waals surface area contributed by atoms with Crippen LogP contribution in [-0.4, -0.2) is 24.9 Å². The molecule has 0 radical (unpaired) electrons. The molecule has 0 N–H and O–H groups in total. The van der Waals surface area contributed by atoms with Crippen LogP contribution in [0, 0.1) is 6.92 Å². The first-order valence-corrected chi connectivity index (χ1v) is 10.5. The number of benzene rings is 3. The second kappa shape index (κ2) is 9.48.